The SMILES string of the molecule is C/C1=C\[C@@H](C)C(=O)C[C@@H]([C@H](C)CC2CC[C@@H](O)[C@H](C)C2)OC(=O)C2CCCCN2C(=O)C(=O)[C@]2(O)OC(CC[C@H]2C)C[C@H](O)/C(C)=C/C=C/C=C/[C@@H](C)C[C@@H](C)C(=O)C[C@@H]1O. The molecule has 1 saturated carbocycles. The first-order valence-electron chi connectivity index (χ1n) is 23.0. The van der Waals surface area contributed by atoms with Crippen LogP contribution in [0.15, 0.2) is 47.6 Å². The number of ether oxygens (including phenoxy) is 2. The van der Waals surface area contributed by atoms with Crippen LogP contribution in [0.5, 0.6) is 0 Å². The van der Waals surface area contributed by atoms with Crippen molar-refractivity contribution >= 4 is 29.2 Å². The van der Waals surface area contributed by atoms with Crippen LogP contribution in [0.25, 0.3) is 0 Å². The molecule has 12 nitrogen and oxygen atoms in total. The van der Waals surface area contributed by atoms with E-state index in [-0.39, 0.29) is 79.5 Å². The van der Waals surface area contributed by atoms with Crippen molar-refractivity contribution in [2.24, 2.45) is 41.4 Å². The van der Waals surface area contributed by atoms with Gasteiger partial charge in [-0.1, -0.05) is 78.0 Å². The van der Waals surface area contributed by atoms with Gasteiger partial charge >= 0.3 is 5.97 Å². The highest BCUT2D eigenvalue weighted by Gasteiger charge is 2.53. The standard InChI is InChI=1S/C49H75NO11/c1-29-14-10-9-11-15-30(2)41(52)26-38-19-17-36(8)49(59,61-38)46(56)47(57)50-21-13-12-16-39(50)48(58)60-45(35(7)25-37-18-20-40(51)34(6)24-37)28-44(55)33(5)23-32(4)43(54)27-42(53)31(3)22-29/h9-11,14-15,23,29,31,33-41,43,45,51-52,54,59H,12-13,16-22,24-28H2,1-8H3/b11-9+,14-10+,30-15+,32-23+/t29-,31-,33-,34-,35-,36-,37?,38?,39?,40-,41+,43+,45+,49-/m1/s1. The molecule has 1 amide bonds. The van der Waals surface area contributed by atoms with Gasteiger partial charge in [0.05, 0.1) is 24.4 Å². The molecule has 14 atom stereocenters. The molecule has 0 radical (unpaired) electrons. The Bertz CT molecular complexity index is 1670. The summed E-state index contributed by atoms with van der Waals surface area (Å²) < 4.78 is 12.2. The van der Waals surface area contributed by atoms with E-state index < -0.39 is 65.7 Å². The predicted octanol–water partition coefficient (Wildman–Crippen LogP) is 6.52. The zero-order chi connectivity index (χ0) is 45.2. The van der Waals surface area contributed by atoms with E-state index in [9.17, 15) is 44.4 Å². The van der Waals surface area contributed by atoms with Crippen LogP contribution >= 0.6 is 0 Å². The van der Waals surface area contributed by atoms with E-state index in [0.29, 0.717) is 56.1 Å². The Kier molecular flexibility index (Phi) is 18.9. The molecule has 3 fully saturated rings. The van der Waals surface area contributed by atoms with Gasteiger partial charge in [-0.25, -0.2) is 4.79 Å². The molecule has 0 aromatic heterocycles. The lowest BCUT2D eigenvalue weighted by atomic mass is 9.75. The molecule has 4 aliphatic rings. The molecule has 2 bridgehead atoms. The number of hydrogen-bond acceptors (Lipinski definition) is 11. The minimum atomic E-state index is -2.46. The molecular formula is C49H75NO11. The van der Waals surface area contributed by atoms with Crippen molar-refractivity contribution in [3.05, 3.63) is 47.6 Å². The first-order chi connectivity index (χ1) is 28.7. The number of aliphatic hydroxyl groups excluding tert-OH is 3. The minimum Gasteiger partial charge on any atom is -0.460 e. The maximum absolute atomic E-state index is 14.2. The number of nitrogens with zero attached hydrogens (tertiary/aromatic N) is 1. The van der Waals surface area contributed by atoms with Gasteiger partial charge in [0, 0.05) is 43.6 Å². The Morgan fingerprint density at radius 3 is 2.23 bits per heavy atom. The summed E-state index contributed by atoms with van der Waals surface area (Å²) in [5.74, 6) is -7.23. The van der Waals surface area contributed by atoms with Crippen LogP contribution in [0.3, 0.4) is 0 Å². The number of fused-ring (bicyclic) bond motifs is 3. The third kappa shape index (κ3) is 13.8. The molecule has 4 rings (SSSR count). The minimum absolute atomic E-state index is 0.0687. The lowest BCUT2D eigenvalue weighted by Gasteiger charge is -2.42. The molecule has 0 spiro atoms. The largest absolute Gasteiger partial charge is 0.460 e. The number of carbonyl (C=O) groups excluding carboxylic acids is 5. The summed E-state index contributed by atoms with van der Waals surface area (Å²) >= 11 is 0. The number of allylic oxidation sites excluding steroid dienone is 6. The number of Topliss-reactive ketones (excluding diaryl/α,β-unsaturated/α-hetero) is 3. The van der Waals surface area contributed by atoms with Crippen LogP contribution in [0, 0.1) is 41.4 Å². The van der Waals surface area contributed by atoms with Gasteiger partial charge in [-0.15, -0.1) is 0 Å². The average Bonchev–Trinajstić information content (AvgIpc) is 3.21. The molecule has 0 aromatic carbocycles. The van der Waals surface area contributed by atoms with Gasteiger partial charge in [-0.2, -0.15) is 0 Å². The summed E-state index contributed by atoms with van der Waals surface area (Å²) in [6.07, 6.45) is 12.5. The van der Waals surface area contributed by atoms with Crippen LogP contribution in [0.4, 0.5) is 0 Å². The zero-order valence-corrected chi connectivity index (χ0v) is 38.0. The number of hydrogen-bond donors (Lipinski definition) is 4. The third-order valence-corrected chi connectivity index (χ3v) is 14.0. The summed E-state index contributed by atoms with van der Waals surface area (Å²) in [5.41, 5.74) is 1.14. The second-order valence-electron chi connectivity index (χ2n) is 19.3. The lowest BCUT2D eigenvalue weighted by Crippen LogP contribution is -2.61. The quantitative estimate of drug-likeness (QED) is 0.138. The molecule has 1 aliphatic carbocycles. The second-order valence-corrected chi connectivity index (χ2v) is 19.3. The molecule has 12 heteroatoms. The zero-order valence-electron chi connectivity index (χ0n) is 38.0. The van der Waals surface area contributed by atoms with Crippen molar-refractivity contribution in [2.45, 2.75) is 181 Å². The van der Waals surface area contributed by atoms with Gasteiger partial charge in [0.1, 0.15) is 23.7 Å². The van der Waals surface area contributed by atoms with E-state index in [0.717, 1.165) is 12.8 Å². The normalized spacial score (nSPS) is 41.0. The first kappa shape index (κ1) is 50.4. The fourth-order valence-electron chi connectivity index (χ4n) is 9.55. The number of cyclic esters (lactones) is 1. The number of ketones is 3. The molecule has 0 aromatic rings. The highest BCUT2D eigenvalue weighted by Crippen LogP contribution is 2.38. The molecule has 3 aliphatic heterocycles. The van der Waals surface area contributed by atoms with Gasteiger partial charge in [-0.3, -0.25) is 19.2 Å². The number of esters is 1. The highest BCUT2D eigenvalue weighted by molar-refractivity contribution is 6.39. The molecule has 4 N–H and O–H groups in total. The van der Waals surface area contributed by atoms with E-state index >= 15 is 0 Å². The van der Waals surface area contributed by atoms with E-state index in [1.54, 1.807) is 45.9 Å². The number of piperidine rings is 1. The van der Waals surface area contributed by atoms with Crippen molar-refractivity contribution in [2.75, 3.05) is 6.54 Å². The van der Waals surface area contributed by atoms with E-state index in [2.05, 4.69) is 0 Å². The van der Waals surface area contributed by atoms with E-state index in [4.69, 9.17) is 9.47 Å². The molecule has 61 heavy (non-hydrogen) atoms. The van der Waals surface area contributed by atoms with Gasteiger partial charge in [0.25, 0.3) is 11.7 Å². The van der Waals surface area contributed by atoms with Crippen LogP contribution in [0.1, 0.15) is 139 Å². The van der Waals surface area contributed by atoms with Crippen molar-refractivity contribution in [3.63, 3.8) is 0 Å². The first-order valence-corrected chi connectivity index (χ1v) is 23.0. The summed E-state index contributed by atoms with van der Waals surface area (Å²) in [7, 11) is 0. The van der Waals surface area contributed by atoms with Gasteiger partial charge in [-0.05, 0) is 113 Å². The lowest BCUT2D eigenvalue weighted by molar-refractivity contribution is -0.265. The molecule has 3 unspecified atom stereocenters. The number of carbonyl (C=O) groups is 5. The van der Waals surface area contributed by atoms with Gasteiger partial charge in [0.15, 0.2) is 0 Å². The fourth-order valence-corrected chi connectivity index (χ4v) is 9.55. The topological polar surface area (TPSA) is 188 Å². The Morgan fingerprint density at radius 1 is 0.803 bits per heavy atom. The fraction of sp³-hybridized carbons (Fsp3) is 0.735. The Balaban J connectivity index is 1.65. The Hall–Kier alpha value is -3.29. The smallest absolute Gasteiger partial charge is 0.329 e. The van der Waals surface area contributed by atoms with Crippen molar-refractivity contribution < 1.29 is 53.9 Å². The monoisotopic (exact) mass is 854 g/mol. The van der Waals surface area contributed by atoms with Crippen molar-refractivity contribution in [3.8, 4) is 0 Å². The summed E-state index contributed by atoms with van der Waals surface area (Å²) in [6.45, 7) is 14.7. The predicted molar refractivity (Wildman–Crippen MR) is 233 cm³/mol. The van der Waals surface area contributed by atoms with Gasteiger partial charge < -0.3 is 34.8 Å². The second kappa shape index (κ2) is 22.9. The summed E-state index contributed by atoms with van der Waals surface area (Å²) in [4.78, 5) is 70.7. The number of aliphatic hydroxyl groups is 4. The van der Waals surface area contributed by atoms with E-state index in [1.165, 1.54) is 4.90 Å². The van der Waals surface area contributed by atoms with Crippen molar-refractivity contribution in [1.29, 1.82) is 0 Å². The molecule has 2 saturated heterocycles. The number of amides is 1. The highest BCUT2D eigenvalue weighted by atomic mass is 16.6. The Labute approximate surface area is 363 Å². The summed E-state index contributed by atoms with van der Waals surface area (Å²) in [5, 5.41) is 44.3. The maximum atomic E-state index is 14.2. The van der Waals surface area contributed by atoms with Crippen LogP contribution < -0.4 is 0 Å². The van der Waals surface area contributed by atoms with Crippen LogP contribution in [0.2, 0.25) is 0 Å². The van der Waals surface area contributed by atoms with Crippen LogP contribution in [-0.2, 0) is 33.4 Å². The third-order valence-electron chi connectivity index (χ3n) is 14.0. The van der Waals surface area contributed by atoms with Crippen LogP contribution in [-0.4, -0.2) is 103 Å². The molecular weight excluding hydrogens is 779 g/mol. The van der Waals surface area contributed by atoms with Crippen molar-refractivity contribution in [1.82, 2.24) is 4.90 Å². The molecule has 342 valence electrons. The average molecular weight is 854 g/mol. The molecule has 3 heterocycles. The number of rotatable bonds is 3. The summed E-state index contributed by atoms with van der Waals surface area (Å²) in [6, 6.07) is -1.12. The Morgan fingerprint density at radius 2 is 1.52 bits per heavy atom. The van der Waals surface area contributed by atoms with Gasteiger partial charge in [0.2, 0.25) is 5.79 Å². The van der Waals surface area contributed by atoms with E-state index in [1.807, 2.05) is 45.9 Å². The maximum Gasteiger partial charge on any atom is 0.329 e.